The molecular weight excluding hydrogens is 172 g/mol. The Morgan fingerprint density at radius 1 is 1.58 bits per heavy atom. The molecule has 2 rings (SSSR count). The number of nitrogens with one attached hydrogen (secondary N) is 1. The van der Waals surface area contributed by atoms with Gasteiger partial charge in [-0.1, -0.05) is 23.9 Å². The molecule has 1 unspecified atom stereocenters. The molecule has 0 saturated heterocycles. The van der Waals surface area contributed by atoms with Gasteiger partial charge in [-0.15, -0.1) is 0 Å². The summed E-state index contributed by atoms with van der Waals surface area (Å²) < 4.78 is 0. The Hall–Kier alpha value is -1.03. The number of allylic oxidation sites excluding steroid dienone is 2. The first-order valence-electron chi connectivity index (χ1n) is 3.77. The number of thioether (sulfide) groups is 1. The molecule has 0 bridgehead atoms. The number of aliphatic hydroxyl groups excluding tert-OH is 1. The van der Waals surface area contributed by atoms with E-state index >= 15 is 0 Å². The molecule has 2 N–H and O–H groups in total. The van der Waals surface area contributed by atoms with Crippen LogP contribution in [0.4, 0.5) is 0 Å². The molecule has 64 valence electrons. The highest BCUT2D eigenvalue weighted by atomic mass is 32.2. The molecule has 0 spiro atoms. The van der Waals surface area contributed by atoms with Crippen molar-refractivity contribution in [2.75, 3.05) is 6.54 Å². The molecule has 0 aromatic heterocycles. The maximum atomic E-state index is 9.41. The van der Waals surface area contributed by atoms with Crippen LogP contribution in [-0.2, 0) is 0 Å². The SMILES string of the molecule is OC1=CSC2N/C=C\C=C/CN12. The molecule has 2 aliphatic rings. The van der Waals surface area contributed by atoms with Gasteiger partial charge < -0.3 is 15.3 Å². The fourth-order valence-corrected chi connectivity index (χ4v) is 2.04. The van der Waals surface area contributed by atoms with Gasteiger partial charge in [0.05, 0.1) is 0 Å². The first-order valence-corrected chi connectivity index (χ1v) is 4.71. The second kappa shape index (κ2) is 3.15. The fourth-order valence-electron chi connectivity index (χ4n) is 1.15. The lowest BCUT2D eigenvalue weighted by Gasteiger charge is -2.25. The molecule has 3 nitrogen and oxygen atoms in total. The van der Waals surface area contributed by atoms with Crippen LogP contribution >= 0.6 is 11.8 Å². The molecule has 2 aliphatic heterocycles. The van der Waals surface area contributed by atoms with Gasteiger partial charge in [0, 0.05) is 12.0 Å². The van der Waals surface area contributed by atoms with Crippen molar-refractivity contribution in [1.29, 1.82) is 0 Å². The molecular formula is C8H10N2OS. The van der Waals surface area contributed by atoms with Gasteiger partial charge in [0.15, 0.2) is 11.4 Å². The molecule has 0 aromatic carbocycles. The molecule has 1 atom stereocenters. The second-order valence-corrected chi connectivity index (χ2v) is 3.53. The van der Waals surface area contributed by atoms with E-state index in [0.29, 0.717) is 5.88 Å². The highest BCUT2D eigenvalue weighted by Crippen LogP contribution is 2.27. The van der Waals surface area contributed by atoms with Crippen LogP contribution in [0.1, 0.15) is 0 Å². The van der Waals surface area contributed by atoms with Gasteiger partial charge in [0.25, 0.3) is 0 Å². The van der Waals surface area contributed by atoms with Gasteiger partial charge in [0.2, 0.25) is 0 Å². The van der Waals surface area contributed by atoms with Crippen molar-refractivity contribution >= 4 is 11.8 Å². The molecule has 0 amide bonds. The summed E-state index contributed by atoms with van der Waals surface area (Å²) in [6, 6.07) is 0. The zero-order valence-corrected chi connectivity index (χ0v) is 7.29. The van der Waals surface area contributed by atoms with Crippen molar-refractivity contribution in [2.45, 2.75) is 5.50 Å². The van der Waals surface area contributed by atoms with Crippen molar-refractivity contribution in [3.63, 3.8) is 0 Å². The third-order valence-electron chi connectivity index (χ3n) is 1.76. The van der Waals surface area contributed by atoms with Crippen molar-refractivity contribution in [1.82, 2.24) is 10.2 Å². The third-order valence-corrected chi connectivity index (χ3v) is 2.76. The Bertz CT molecular complexity index is 260. The van der Waals surface area contributed by atoms with E-state index in [9.17, 15) is 5.11 Å². The minimum Gasteiger partial charge on any atom is -0.494 e. The maximum absolute atomic E-state index is 9.41. The quantitative estimate of drug-likeness (QED) is 0.593. The predicted molar refractivity (Wildman–Crippen MR) is 50.2 cm³/mol. The Labute approximate surface area is 75.4 Å². The maximum Gasteiger partial charge on any atom is 0.196 e. The van der Waals surface area contributed by atoms with E-state index in [1.807, 2.05) is 29.3 Å². The van der Waals surface area contributed by atoms with E-state index in [0.717, 1.165) is 6.54 Å². The van der Waals surface area contributed by atoms with Gasteiger partial charge >= 0.3 is 0 Å². The first-order chi connectivity index (χ1) is 5.88. The smallest absolute Gasteiger partial charge is 0.196 e. The number of aliphatic hydroxyl groups is 1. The number of hydrogen-bond acceptors (Lipinski definition) is 4. The van der Waals surface area contributed by atoms with E-state index in [-0.39, 0.29) is 5.50 Å². The minimum atomic E-state index is 0.145. The summed E-state index contributed by atoms with van der Waals surface area (Å²) in [6.07, 6.45) is 7.81. The third kappa shape index (κ3) is 1.30. The highest BCUT2D eigenvalue weighted by Gasteiger charge is 2.24. The van der Waals surface area contributed by atoms with Gasteiger partial charge in [-0.3, -0.25) is 0 Å². The summed E-state index contributed by atoms with van der Waals surface area (Å²) in [7, 11) is 0. The van der Waals surface area contributed by atoms with E-state index in [1.54, 1.807) is 17.2 Å². The Morgan fingerprint density at radius 2 is 2.50 bits per heavy atom. The normalized spacial score (nSPS) is 32.5. The van der Waals surface area contributed by atoms with E-state index in [4.69, 9.17) is 0 Å². The largest absolute Gasteiger partial charge is 0.494 e. The van der Waals surface area contributed by atoms with Crippen LogP contribution in [-0.4, -0.2) is 22.0 Å². The summed E-state index contributed by atoms with van der Waals surface area (Å²) in [4.78, 5) is 1.89. The molecule has 0 aromatic rings. The van der Waals surface area contributed by atoms with Crippen LogP contribution in [0.15, 0.2) is 35.7 Å². The lowest BCUT2D eigenvalue weighted by Crippen LogP contribution is -2.37. The predicted octanol–water partition coefficient (Wildman–Crippen LogP) is 1.35. The van der Waals surface area contributed by atoms with Crippen molar-refractivity contribution in [3.8, 4) is 0 Å². The molecule has 0 fully saturated rings. The van der Waals surface area contributed by atoms with E-state index in [1.165, 1.54) is 0 Å². The van der Waals surface area contributed by atoms with Crippen LogP contribution in [0.25, 0.3) is 0 Å². The lowest BCUT2D eigenvalue weighted by atomic mass is 10.4. The second-order valence-electron chi connectivity index (χ2n) is 2.57. The van der Waals surface area contributed by atoms with E-state index < -0.39 is 0 Å². The topological polar surface area (TPSA) is 35.5 Å². The van der Waals surface area contributed by atoms with Crippen molar-refractivity contribution in [2.24, 2.45) is 0 Å². The fraction of sp³-hybridized carbons (Fsp3) is 0.250. The zero-order valence-electron chi connectivity index (χ0n) is 6.47. The van der Waals surface area contributed by atoms with Gasteiger partial charge in [-0.2, -0.15) is 0 Å². The molecule has 0 saturated carbocycles. The Balaban J connectivity index is 2.14. The highest BCUT2D eigenvalue weighted by molar-refractivity contribution is 8.02. The first kappa shape index (κ1) is 7.61. The number of rotatable bonds is 0. The summed E-state index contributed by atoms with van der Waals surface area (Å²) in [5.41, 5.74) is 0.145. The molecule has 0 radical (unpaired) electrons. The minimum absolute atomic E-state index is 0.145. The standard InChI is InChI=1S/C8H10N2OS/c11-7-6-12-8-9-4-2-1-3-5-10(7)8/h1-4,6,8-9,11H,5H2/b3-1-,4-2-. The average Bonchev–Trinajstić information content (AvgIpc) is 2.31. The van der Waals surface area contributed by atoms with E-state index in [2.05, 4.69) is 5.32 Å². The summed E-state index contributed by atoms with van der Waals surface area (Å²) in [5, 5.41) is 14.3. The number of fused-ring (bicyclic) bond motifs is 1. The van der Waals surface area contributed by atoms with Crippen molar-refractivity contribution in [3.05, 3.63) is 35.7 Å². The number of hydrogen-bond donors (Lipinski definition) is 2. The monoisotopic (exact) mass is 182 g/mol. The van der Waals surface area contributed by atoms with Crippen LogP contribution in [0.3, 0.4) is 0 Å². The van der Waals surface area contributed by atoms with Gasteiger partial charge in [-0.25, -0.2) is 0 Å². The summed E-state index contributed by atoms with van der Waals surface area (Å²) in [5.74, 6) is 0.345. The molecule has 2 heterocycles. The summed E-state index contributed by atoms with van der Waals surface area (Å²) in [6.45, 7) is 0.747. The summed E-state index contributed by atoms with van der Waals surface area (Å²) >= 11 is 1.57. The molecule has 0 aliphatic carbocycles. The zero-order chi connectivity index (χ0) is 8.39. The van der Waals surface area contributed by atoms with Gasteiger partial charge in [-0.05, 0) is 12.3 Å². The number of nitrogens with zero attached hydrogens (tertiary/aromatic N) is 1. The van der Waals surface area contributed by atoms with Crippen molar-refractivity contribution < 1.29 is 5.11 Å². The Morgan fingerprint density at radius 3 is 3.42 bits per heavy atom. The Kier molecular flexibility index (Phi) is 1.99. The molecule has 4 heteroatoms. The van der Waals surface area contributed by atoms with Crippen LogP contribution in [0.2, 0.25) is 0 Å². The van der Waals surface area contributed by atoms with Crippen LogP contribution in [0.5, 0.6) is 0 Å². The lowest BCUT2D eigenvalue weighted by molar-refractivity contribution is 0.203. The average molecular weight is 182 g/mol. The van der Waals surface area contributed by atoms with Gasteiger partial charge in [0.1, 0.15) is 0 Å². The van der Waals surface area contributed by atoms with Crippen LogP contribution < -0.4 is 5.32 Å². The van der Waals surface area contributed by atoms with Crippen LogP contribution in [0, 0.1) is 0 Å². The molecule has 12 heavy (non-hydrogen) atoms.